The van der Waals surface area contributed by atoms with Crippen LogP contribution in [0.2, 0.25) is 0 Å². The molecule has 1 amide bonds. The van der Waals surface area contributed by atoms with Crippen LogP contribution >= 0.6 is 0 Å². The largest absolute Gasteiger partial charge is 0.481 e. The SMILES string of the molecule is CCCc1cc(=O)oc2cc(O[C@H](C)C(=O)N[C@H](C(=O)O)[C@@H](C)CC)ccc12. The van der Waals surface area contributed by atoms with Gasteiger partial charge in [-0.05, 0) is 37.0 Å². The van der Waals surface area contributed by atoms with Crippen molar-refractivity contribution in [3.8, 4) is 5.75 Å². The predicted molar refractivity (Wildman–Crippen MR) is 106 cm³/mol. The van der Waals surface area contributed by atoms with Gasteiger partial charge in [0, 0.05) is 17.5 Å². The van der Waals surface area contributed by atoms with Crippen LogP contribution in [0.15, 0.2) is 33.5 Å². The fourth-order valence-corrected chi connectivity index (χ4v) is 2.97. The van der Waals surface area contributed by atoms with Crippen molar-refractivity contribution in [1.29, 1.82) is 0 Å². The Kier molecular flexibility index (Phi) is 7.20. The fraction of sp³-hybridized carbons (Fsp3) is 0.476. The first kappa shape index (κ1) is 21.5. The summed E-state index contributed by atoms with van der Waals surface area (Å²) in [6.07, 6.45) is 1.37. The summed E-state index contributed by atoms with van der Waals surface area (Å²) in [5.41, 5.74) is 0.866. The molecule has 2 rings (SSSR count). The van der Waals surface area contributed by atoms with E-state index < -0.39 is 29.6 Å². The summed E-state index contributed by atoms with van der Waals surface area (Å²) in [6.45, 7) is 7.20. The zero-order chi connectivity index (χ0) is 20.8. The van der Waals surface area contributed by atoms with E-state index in [1.165, 1.54) is 6.07 Å². The van der Waals surface area contributed by atoms with E-state index in [4.69, 9.17) is 9.15 Å². The van der Waals surface area contributed by atoms with Gasteiger partial charge in [0.15, 0.2) is 6.10 Å². The van der Waals surface area contributed by atoms with Gasteiger partial charge in [0.1, 0.15) is 17.4 Å². The van der Waals surface area contributed by atoms with Crippen molar-refractivity contribution in [3.63, 3.8) is 0 Å². The molecule has 0 spiro atoms. The number of benzene rings is 1. The Hall–Kier alpha value is -2.83. The number of hydrogen-bond donors (Lipinski definition) is 2. The van der Waals surface area contributed by atoms with E-state index in [2.05, 4.69) is 5.32 Å². The number of amides is 1. The van der Waals surface area contributed by atoms with E-state index >= 15 is 0 Å². The van der Waals surface area contributed by atoms with Gasteiger partial charge in [-0.25, -0.2) is 9.59 Å². The minimum absolute atomic E-state index is 0.208. The Balaban J connectivity index is 2.18. The van der Waals surface area contributed by atoms with Crippen LogP contribution in [0.5, 0.6) is 5.75 Å². The van der Waals surface area contributed by atoms with Crippen LogP contribution in [-0.4, -0.2) is 29.1 Å². The minimum atomic E-state index is -1.08. The Morgan fingerprint density at radius 1 is 1.21 bits per heavy atom. The van der Waals surface area contributed by atoms with E-state index in [1.807, 2.05) is 13.8 Å². The average Bonchev–Trinajstić information content (AvgIpc) is 2.64. The Bertz CT molecular complexity index is 903. The van der Waals surface area contributed by atoms with Crippen molar-refractivity contribution < 1.29 is 23.8 Å². The van der Waals surface area contributed by atoms with Gasteiger partial charge < -0.3 is 19.6 Å². The second-order valence-electron chi connectivity index (χ2n) is 6.97. The predicted octanol–water partition coefficient (Wildman–Crippen LogP) is 3.13. The van der Waals surface area contributed by atoms with E-state index in [0.717, 1.165) is 23.8 Å². The molecule has 0 fully saturated rings. The molecule has 0 bridgehead atoms. The van der Waals surface area contributed by atoms with Crippen LogP contribution in [0, 0.1) is 5.92 Å². The highest BCUT2D eigenvalue weighted by Crippen LogP contribution is 2.24. The maximum Gasteiger partial charge on any atom is 0.336 e. The summed E-state index contributed by atoms with van der Waals surface area (Å²) < 4.78 is 10.9. The molecule has 1 aromatic carbocycles. The van der Waals surface area contributed by atoms with Crippen LogP contribution < -0.4 is 15.7 Å². The first-order chi connectivity index (χ1) is 13.3. The molecule has 2 N–H and O–H groups in total. The Labute approximate surface area is 163 Å². The van der Waals surface area contributed by atoms with E-state index in [9.17, 15) is 19.5 Å². The molecule has 1 heterocycles. The smallest absolute Gasteiger partial charge is 0.336 e. The molecule has 0 saturated heterocycles. The van der Waals surface area contributed by atoms with Crippen LogP contribution in [0.25, 0.3) is 11.0 Å². The van der Waals surface area contributed by atoms with Crippen LogP contribution in [-0.2, 0) is 16.0 Å². The first-order valence-electron chi connectivity index (χ1n) is 9.53. The van der Waals surface area contributed by atoms with Crippen molar-refractivity contribution in [2.45, 2.75) is 59.1 Å². The zero-order valence-corrected chi connectivity index (χ0v) is 16.7. The molecule has 0 radical (unpaired) electrons. The molecule has 7 nitrogen and oxygen atoms in total. The van der Waals surface area contributed by atoms with E-state index in [0.29, 0.717) is 17.8 Å². The van der Waals surface area contributed by atoms with Crippen molar-refractivity contribution in [1.82, 2.24) is 5.32 Å². The maximum absolute atomic E-state index is 12.4. The molecule has 0 aliphatic carbocycles. The highest BCUT2D eigenvalue weighted by atomic mass is 16.5. The third-order valence-corrected chi connectivity index (χ3v) is 4.78. The first-order valence-corrected chi connectivity index (χ1v) is 9.53. The number of aliphatic carboxylic acids is 1. The molecule has 7 heteroatoms. The normalized spacial score (nSPS) is 14.3. The number of carbonyl (C=O) groups is 2. The summed E-state index contributed by atoms with van der Waals surface area (Å²) in [4.78, 5) is 35.5. The van der Waals surface area contributed by atoms with Gasteiger partial charge in [0.2, 0.25) is 0 Å². The number of ether oxygens (including phenoxy) is 1. The number of carboxylic acid groups (broad SMARTS) is 1. The number of carbonyl (C=O) groups excluding carboxylic acids is 1. The summed E-state index contributed by atoms with van der Waals surface area (Å²) >= 11 is 0. The van der Waals surface area contributed by atoms with Gasteiger partial charge >= 0.3 is 11.6 Å². The molecule has 2 aromatic rings. The van der Waals surface area contributed by atoms with E-state index in [1.54, 1.807) is 32.0 Å². The highest BCUT2D eigenvalue weighted by Gasteiger charge is 2.28. The number of fused-ring (bicyclic) bond motifs is 1. The average molecular weight is 389 g/mol. The number of aryl methyl sites for hydroxylation is 1. The van der Waals surface area contributed by atoms with Crippen molar-refractivity contribution >= 4 is 22.8 Å². The molecule has 3 atom stereocenters. The standard InChI is InChI=1S/C21H27NO6/c1-5-7-14-10-18(23)28-17-11-15(8-9-16(14)17)27-13(4)20(24)22-19(21(25)26)12(3)6-2/h8-13,19H,5-7H2,1-4H3,(H,22,24)(H,25,26)/t12-,13+,19-/m0/s1. The lowest BCUT2D eigenvalue weighted by atomic mass is 9.99. The second kappa shape index (κ2) is 9.39. The lowest BCUT2D eigenvalue weighted by molar-refractivity contribution is -0.144. The third-order valence-electron chi connectivity index (χ3n) is 4.78. The van der Waals surface area contributed by atoms with Gasteiger partial charge in [-0.1, -0.05) is 33.6 Å². The molecule has 0 aliphatic heterocycles. The number of rotatable bonds is 9. The van der Waals surface area contributed by atoms with Crippen LogP contribution in [0.3, 0.4) is 0 Å². The van der Waals surface area contributed by atoms with Gasteiger partial charge in [-0.15, -0.1) is 0 Å². The fourth-order valence-electron chi connectivity index (χ4n) is 2.97. The van der Waals surface area contributed by atoms with Gasteiger partial charge in [-0.2, -0.15) is 0 Å². The summed E-state index contributed by atoms with van der Waals surface area (Å²) in [7, 11) is 0. The molecule has 0 saturated carbocycles. The topological polar surface area (TPSA) is 106 Å². The lowest BCUT2D eigenvalue weighted by Crippen LogP contribution is -2.49. The number of nitrogens with one attached hydrogen (secondary N) is 1. The minimum Gasteiger partial charge on any atom is -0.481 e. The second-order valence-corrected chi connectivity index (χ2v) is 6.97. The number of hydrogen-bond acceptors (Lipinski definition) is 5. The van der Waals surface area contributed by atoms with E-state index in [-0.39, 0.29) is 5.92 Å². The molecule has 28 heavy (non-hydrogen) atoms. The lowest BCUT2D eigenvalue weighted by Gasteiger charge is -2.22. The van der Waals surface area contributed by atoms with Gasteiger partial charge in [0.25, 0.3) is 5.91 Å². The van der Waals surface area contributed by atoms with Crippen molar-refractivity contribution in [3.05, 3.63) is 40.2 Å². The summed E-state index contributed by atoms with van der Waals surface area (Å²) in [5.74, 6) is -1.44. The molecular formula is C21H27NO6. The summed E-state index contributed by atoms with van der Waals surface area (Å²) in [6, 6.07) is 5.58. The summed E-state index contributed by atoms with van der Waals surface area (Å²) in [5, 5.41) is 12.7. The molecule has 0 unspecified atom stereocenters. The Morgan fingerprint density at radius 2 is 1.93 bits per heavy atom. The zero-order valence-electron chi connectivity index (χ0n) is 16.7. The van der Waals surface area contributed by atoms with Gasteiger partial charge in [-0.3, -0.25) is 4.79 Å². The molecule has 0 aliphatic rings. The quantitative estimate of drug-likeness (QED) is 0.638. The van der Waals surface area contributed by atoms with Crippen LogP contribution in [0.1, 0.15) is 46.1 Å². The molecule has 1 aromatic heterocycles. The number of carboxylic acids is 1. The highest BCUT2D eigenvalue weighted by molar-refractivity contribution is 5.86. The monoisotopic (exact) mass is 389 g/mol. The van der Waals surface area contributed by atoms with Crippen molar-refractivity contribution in [2.75, 3.05) is 0 Å². The Morgan fingerprint density at radius 3 is 2.54 bits per heavy atom. The molecular weight excluding hydrogens is 362 g/mol. The maximum atomic E-state index is 12.4. The van der Waals surface area contributed by atoms with Gasteiger partial charge in [0.05, 0.1) is 0 Å². The van der Waals surface area contributed by atoms with Crippen LogP contribution in [0.4, 0.5) is 0 Å². The third kappa shape index (κ3) is 5.12. The van der Waals surface area contributed by atoms with Crippen molar-refractivity contribution in [2.24, 2.45) is 5.92 Å². The molecule has 152 valence electrons.